The van der Waals surface area contributed by atoms with E-state index in [0.717, 1.165) is 6.42 Å². The molecule has 0 radical (unpaired) electrons. The Labute approximate surface area is 85.9 Å². The summed E-state index contributed by atoms with van der Waals surface area (Å²) in [6, 6.07) is 0. The van der Waals surface area contributed by atoms with E-state index < -0.39 is 0 Å². The van der Waals surface area contributed by atoms with E-state index in [4.69, 9.17) is 4.74 Å². The van der Waals surface area contributed by atoms with Gasteiger partial charge in [-0.25, -0.2) is 4.79 Å². The number of carbonyl (C=O) groups is 1. The first kappa shape index (κ1) is 12.9. The molecule has 0 spiro atoms. The van der Waals surface area contributed by atoms with Gasteiger partial charge in [0.1, 0.15) is 6.54 Å². The molecule has 0 heterocycles. The van der Waals surface area contributed by atoms with Crippen LogP contribution in [0.25, 0.3) is 0 Å². The van der Waals surface area contributed by atoms with Crippen LogP contribution in [-0.4, -0.2) is 18.7 Å². The number of allylic oxidation sites excluding steroid dienone is 1. The van der Waals surface area contributed by atoms with Crippen molar-refractivity contribution in [3.8, 4) is 0 Å². The molecule has 80 valence electrons. The van der Waals surface area contributed by atoms with Gasteiger partial charge in [-0.1, -0.05) is 27.4 Å². The van der Waals surface area contributed by atoms with E-state index in [0.29, 0.717) is 5.76 Å². The first-order valence-electron chi connectivity index (χ1n) is 4.66. The van der Waals surface area contributed by atoms with E-state index in [-0.39, 0.29) is 17.9 Å². The maximum Gasteiger partial charge on any atom is 0.332 e. The van der Waals surface area contributed by atoms with Crippen molar-refractivity contribution in [2.75, 3.05) is 6.54 Å². The third kappa shape index (κ3) is 8.97. The minimum absolute atomic E-state index is 0.0724. The van der Waals surface area contributed by atoms with Crippen molar-refractivity contribution in [3.05, 3.63) is 12.3 Å². The average molecular weight is 197 g/mol. The molecule has 3 heteroatoms. The lowest BCUT2D eigenvalue weighted by atomic mass is 9.93. The molecule has 0 atom stereocenters. The van der Waals surface area contributed by atoms with Crippen LogP contribution < -0.4 is 0 Å². The minimum Gasteiger partial charge on any atom is -0.431 e. The predicted molar refractivity (Wildman–Crippen MR) is 58.3 cm³/mol. The van der Waals surface area contributed by atoms with Gasteiger partial charge in [0, 0.05) is 0 Å². The number of hydrogen-bond donors (Lipinski definition) is 0. The van der Waals surface area contributed by atoms with Crippen LogP contribution in [0, 0.1) is 5.41 Å². The SMILES string of the molecule is C=C(C)OC(=O)C/N=C/CC(C)(C)C. The van der Waals surface area contributed by atoms with Crippen molar-refractivity contribution in [1.29, 1.82) is 0 Å². The molecular weight excluding hydrogens is 178 g/mol. The van der Waals surface area contributed by atoms with Crippen molar-refractivity contribution < 1.29 is 9.53 Å². The smallest absolute Gasteiger partial charge is 0.332 e. The Kier molecular flexibility index (Phi) is 5.13. The lowest BCUT2D eigenvalue weighted by Gasteiger charge is -2.13. The molecule has 0 unspecified atom stereocenters. The standard InChI is InChI=1S/C11H19NO2/c1-9(2)14-10(13)8-12-7-6-11(3,4)5/h7H,1,6,8H2,2-5H3/b12-7+. The number of rotatable bonds is 4. The second kappa shape index (κ2) is 5.58. The van der Waals surface area contributed by atoms with Crippen LogP contribution >= 0.6 is 0 Å². The summed E-state index contributed by atoms with van der Waals surface area (Å²) >= 11 is 0. The minimum atomic E-state index is -0.359. The second-order valence-corrected chi connectivity index (χ2v) is 4.46. The van der Waals surface area contributed by atoms with E-state index >= 15 is 0 Å². The number of aliphatic imine (C=N–C) groups is 1. The van der Waals surface area contributed by atoms with Crippen LogP contribution in [0.5, 0.6) is 0 Å². The Balaban J connectivity index is 3.72. The van der Waals surface area contributed by atoms with E-state index in [1.165, 1.54) is 0 Å². The van der Waals surface area contributed by atoms with Crippen molar-refractivity contribution >= 4 is 12.2 Å². The highest BCUT2D eigenvalue weighted by Gasteiger charge is 2.07. The Morgan fingerprint density at radius 1 is 1.50 bits per heavy atom. The average Bonchev–Trinajstić information content (AvgIpc) is 1.95. The summed E-state index contributed by atoms with van der Waals surface area (Å²) in [5.41, 5.74) is 0.210. The molecule has 0 fully saturated rings. The van der Waals surface area contributed by atoms with Crippen molar-refractivity contribution in [2.24, 2.45) is 10.4 Å². The zero-order valence-electron chi connectivity index (χ0n) is 9.46. The lowest BCUT2D eigenvalue weighted by molar-refractivity contribution is -0.137. The van der Waals surface area contributed by atoms with Crippen LogP contribution in [0.15, 0.2) is 17.3 Å². The van der Waals surface area contributed by atoms with E-state index in [1.807, 2.05) is 0 Å². The molecule has 14 heavy (non-hydrogen) atoms. The Morgan fingerprint density at radius 3 is 2.50 bits per heavy atom. The van der Waals surface area contributed by atoms with Crippen LogP contribution in [0.2, 0.25) is 0 Å². The Bertz CT molecular complexity index is 236. The highest BCUT2D eigenvalue weighted by Crippen LogP contribution is 2.15. The fraction of sp³-hybridized carbons (Fsp3) is 0.636. The molecule has 0 N–H and O–H groups in total. The van der Waals surface area contributed by atoms with Crippen molar-refractivity contribution in [3.63, 3.8) is 0 Å². The molecule has 0 aliphatic rings. The van der Waals surface area contributed by atoms with Gasteiger partial charge >= 0.3 is 5.97 Å². The van der Waals surface area contributed by atoms with Gasteiger partial charge in [-0.05, 0) is 25.0 Å². The molecule has 0 rings (SSSR count). The topological polar surface area (TPSA) is 38.7 Å². The molecule has 0 aromatic carbocycles. The number of carbonyl (C=O) groups excluding carboxylic acids is 1. The quantitative estimate of drug-likeness (QED) is 0.394. The maximum absolute atomic E-state index is 11.0. The summed E-state index contributed by atoms with van der Waals surface area (Å²) in [4.78, 5) is 15.0. The van der Waals surface area contributed by atoms with Crippen molar-refractivity contribution in [1.82, 2.24) is 0 Å². The molecule has 0 aromatic heterocycles. The molecule has 0 saturated carbocycles. The van der Waals surface area contributed by atoms with Crippen molar-refractivity contribution in [2.45, 2.75) is 34.1 Å². The lowest BCUT2D eigenvalue weighted by Crippen LogP contribution is -2.08. The third-order valence-corrected chi connectivity index (χ3v) is 1.34. The fourth-order valence-corrected chi connectivity index (χ4v) is 0.704. The molecule has 0 aliphatic carbocycles. The van der Waals surface area contributed by atoms with Gasteiger partial charge in [0.2, 0.25) is 0 Å². The van der Waals surface area contributed by atoms with Gasteiger partial charge in [0.25, 0.3) is 0 Å². The van der Waals surface area contributed by atoms with Gasteiger partial charge in [-0.15, -0.1) is 0 Å². The van der Waals surface area contributed by atoms with Gasteiger partial charge in [0.15, 0.2) is 0 Å². The number of ether oxygens (including phenoxy) is 1. The normalized spacial score (nSPS) is 11.7. The van der Waals surface area contributed by atoms with Crippen LogP contribution in [0.1, 0.15) is 34.1 Å². The zero-order valence-corrected chi connectivity index (χ0v) is 9.46. The molecule has 0 aromatic rings. The highest BCUT2D eigenvalue weighted by molar-refractivity contribution is 5.74. The second-order valence-electron chi connectivity index (χ2n) is 4.46. The molecule has 0 amide bonds. The van der Waals surface area contributed by atoms with E-state index in [9.17, 15) is 4.79 Å². The van der Waals surface area contributed by atoms with E-state index in [2.05, 4.69) is 32.3 Å². The highest BCUT2D eigenvalue weighted by atomic mass is 16.5. The zero-order chi connectivity index (χ0) is 11.2. The Hall–Kier alpha value is -1.12. The number of hydrogen-bond acceptors (Lipinski definition) is 3. The summed E-state index contributed by atoms with van der Waals surface area (Å²) in [6.45, 7) is 11.5. The van der Waals surface area contributed by atoms with Gasteiger partial charge in [0.05, 0.1) is 5.76 Å². The van der Waals surface area contributed by atoms with Crippen LogP contribution in [0.3, 0.4) is 0 Å². The first-order chi connectivity index (χ1) is 6.31. The summed E-state index contributed by atoms with van der Waals surface area (Å²) in [5, 5.41) is 0. The molecule has 3 nitrogen and oxygen atoms in total. The molecule has 0 aliphatic heterocycles. The Morgan fingerprint density at radius 2 is 2.07 bits per heavy atom. The monoisotopic (exact) mass is 197 g/mol. The summed E-state index contributed by atoms with van der Waals surface area (Å²) in [6.07, 6.45) is 2.62. The number of nitrogens with zero attached hydrogens (tertiary/aromatic N) is 1. The first-order valence-corrected chi connectivity index (χ1v) is 4.66. The molecule has 0 bridgehead atoms. The van der Waals surface area contributed by atoms with Gasteiger partial charge in [-0.2, -0.15) is 0 Å². The molecule has 0 saturated heterocycles. The molecular formula is C11H19NO2. The fourth-order valence-electron chi connectivity index (χ4n) is 0.704. The summed E-state index contributed by atoms with van der Waals surface area (Å²) < 4.78 is 4.74. The summed E-state index contributed by atoms with van der Waals surface area (Å²) in [5.74, 6) is 0.0451. The van der Waals surface area contributed by atoms with Gasteiger partial charge in [-0.3, -0.25) is 4.99 Å². The van der Waals surface area contributed by atoms with E-state index in [1.54, 1.807) is 13.1 Å². The third-order valence-electron chi connectivity index (χ3n) is 1.34. The number of esters is 1. The van der Waals surface area contributed by atoms with Crippen LogP contribution in [-0.2, 0) is 9.53 Å². The van der Waals surface area contributed by atoms with Crippen LogP contribution in [0.4, 0.5) is 0 Å². The predicted octanol–water partition coefficient (Wildman–Crippen LogP) is 2.57. The maximum atomic E-state index is 11.0. The summed E-state index contributed by atoms with van der Waals surface area (Å²) in [7, 11) is 0. The van der Waals surface area contributed by atoms with Gasteiger partial charge < -0.3 is 4.74 Å². The largest absolute Gasteiger partial charge is 0.431 e.